The molecule has 94 valence electrons. The summed E-state index contributed by atoms with van der Waals surface area (Å²) in [7, 11) is -1.32. The highest BCUT2D eigenvalue weighted by molar-refractivity contribution is 6.46. The van der Waals surface area contributed by atoms with Crippen LogP contribution in [0.5, 0.6) is 0 Å². The predicted octanol–water partition coefficient (Wildman–Crippen LogP) is 3.03. The van der Waals surface area contributed by atoms with E-state index < -0.39 is 7.12 Å². The van der Waals surface area contributed by atoms with Gasteiger partial charge in [0.15, 0.2) is 0 Å². The smallest absolute Gasteiger partial charge is 0.427 e. The highest BCUT2D eigenvalue weighted by Gasteiger charge is 2.28. The normalized spacial score (nSPS) is 18.4. The number of fused-ring (bicyclic) bond motifs is 1. The van der Waals surface area contributed by atoms with Crippen molar-refractivity contribution in [3.8, 4) is 0 Å². The van der Waals surface area contributed by atoms with Crippen LogP contribution in [0.15, 0.2) is 60.7 Å². The number of allylic oxidation sites excluding steroid dienone is 4. The monoisotopic (exact) mass is 250 g/mol. The summed E-state index contributed by atoms with van der Waals surface area (Å²) in [5, 5.41) is 21.4. The van der Waals surface area contributed by atoms with Gasteiger partial charge >= 0.3 is 7.12 Å². The average Bonchev–Trinajstić information content (AvgIpc) is 2.46. The van der Waals surface area contributed by atoms with Crippen LogP contribution in [0, 0.1) is 0 Å². The summed E-state index contributed by atoms with van der Waals surface area (Å²) in [5.74, 6) is -0.254. The highest BCUT2D eigenvalue weighted by Crippen LogP contribution is 2.38. The van der Waals surface area contributed by atoms with Crippen LogP contribution in [0.1, 0.15) is 12.0 Å². The van der Waals surface area contributed by atoms with Gasteiger partial charge in [0.1, 0.15) is 0 Å². The van der Waals surface area contributed by atoms with Gasteiger partial charge in [-0.3, -0.25) is 0 Å². The first-order valence-corrected chi connectivity index (χ1v) is 6.48. The minimum absolute atomic E-state index is 0.254. The van der Waals surface area contributed by atoms with E-state index in [4.69, 9.17) is 0 Å². The molecule has 0 aromatic heterocycles. The lowest BCUT2D eigenvalue weighted by Crippen LogP contribution is -2.22. The van der Waals surface area contributed by atoms with Crippen molar-refractivity contribution >= 4 is 23.5 Å². The Morgan fingerprint density at radius 1 is 1.00 bits per heavy atom. The van der Waals surface area contributed by atoms with E-state index >= 15 is 0 Å². The average molecular weight is 250 g/mol. The molecule has 0 amide bonds. The van der Waals surface area contributed by atoms with Crippen LogP contribution < -0.4 is 0 Å². The largest absolute Gasteiger partial charge is 0.459 e. The molecule has 2 aromatic carbocycles. The molecule has 1 atom stereocenters. The minimum Gasteiger partial charge on any atom is -0.427 e. The summed E-state index contributed by atoms with van der Waals surface area (Å²) in [6.07, 6.45) is 6.59. The number of hydrogen-bond acceptors (Lipinski definition) is 2. The summed E-state index contributed by atoms with van der Waals surface area (Å²) in [6.45, 7) is 0. The molecule has 1 aliphatic rings. The van der Waals surface area contributed by atoms with Gasteiger partial charge in [-0.1, -0.05) is 60.7 Å². The van der Waals surface area contributed by atoms with Crippen molar-refractivity contribution in [2.45, 2.75) is 12.2 Å². The maximum absolute atomic E-state index is 9.56. The quantitative estimate of drug-likeness (QED) is 0.804. The first-order chi connectivity index (χ1) is 9.27. The molecule has 1 aliphatic carbocycles. The van der Waals surface area contributed by atoms with E-state index in [1.807, 2.05) is 42.5 Å². The molecule has 2 aromatic rings. The highest BCUT2D eigenvalue weighted by atomic mass is 16.4. The third kappa shape index (κ3) is 2.23. The molecule has 0 spiro atoms. The predicted molar refractivity (Wildman–Crippen MR) is 79.6 cm³/mol. The van der Waals surface area contributed by atoms with Crippen molar-refractivity contribution in [3.05, 3.63) is 66.3 Å². The second kappa shape index (κ2) is 5.04. The molecule has 0 saturated heterocycles. The zero-order chi connectivity index (χ0) is 13.2. The molecule has 1 unspecified atom stereocenters. The molecule has 0 fully saturated rings. The summed E-state index contributed by atoms with van der Waals surface area (Å²) < 4.78 is 0. The number of hydrogen-bond donors (Lipinski definition) is 2. The fraction of sp³-hybridized carbons (Fsp3) is 0.125. The van der Waals surface area contributed by atoms with Gasteiger partial charge in [-0.15, -0.1) is 0 Å². The van der Waals surface area contributed by atoms with E-state index in [2.05, 4.69) is 18.2 Å². The number of benzene rings is 2. The Balaban J connectivity index is 2.18. The fourth-order valence-corrected chi connectivity index (χ4v) is 2.70. The lowest BCUT2D eigenvalue weighted by Gasteiger charge is -2.22. The maximum Gasteiger partial charge on any atom is 0.459 e. The SMILES string of the molecule is OB(O)C1CC=CC=C1c1cccc2ccccc12. The minimum atomic E-state index is -1.32. The summed E-state index contributed by atoms with van der Waals surface area (Å²) in [6, 6.07) is 14.3. The molecule has 2 nitrogen and oxygen atoms in total. The van der Waals surface area contributed by atoms with Crippen molar-refractivity contribution in [1.82, 2.24) is 0 Å². The summed E-state index contributed by atoms with van der Waals surface area (Å²) >= 11 is 0. The molecule has 0 heterocycles. The van der Waals surface area contributed by atoms with Gasteiger partial charge in [-0.2, -0.15) is 0 Å². The van der Waals surface area contributed by atoms with Gasteiger partial charge in [0.25, 0.3) is 0 Å². The van der Waals surface area contributed by atoms with E-state index in [0.29, 0.717) is 6.42 Å². The standard InChI is InChI=1S/C16H15BO2/c18-17(19)16-11-4-3-9-15(16)14-10-5-7-12-6-1-2-8-13(12)14/h1-10,16,18-19H,11H2. The van der Waals surface area contributed by atoms with Crippen LogP contribution in [-0.4, -0.2) is 17.2 Å². The van der Waals surface area contributed by atoms with Crippen LogP contribution in [0.25, 0.3) is 16.3 Å². The lowest BCUT2D eigenvalue weighted by atomic mass is 9.63. The molecular formula is C16H15BO2. The summed E-state index contributed by atoms with van der Waals surface area (Å²) in [4.78, 5) is 0. The topological polar surface area (TPSA) is 40.5 Å². The lowest BCUT2D eigenvalue weighted by molar-refractivity contribution is 0.396. The zero-order valence-electron chi connectivity index (χ0n) is 10.5. The Kier molecular flexibility index (Phi) is 3.24. The molecule has 3 rings (SSSR count). The molecule has 2 N–H and O–H groups in total. The van der Waals surface area contributed by atoms with Crippen molar-refractivity contribution in [1.29, 1.82) is 0 Å². The Morgan fingerprint density at radius 2 is 1.79 bits per heavy atom. The maximum atomic E-state index is 9.56. The van der Waals surface area contributed by atoms with Crippen molar-refractivity contribution in [3.63, 3.8) is 0 Å². The Hall–Kier alpha value is -1.84. The van der Waals surface area contributed by atoms with Gasteiger partial charge in [-0.05, 0) is 28.3 Å². The van der Waals surface area contributed by atoms with Crippen LogP contribution in [0.4, 0.5) is 0 Å². The van der Waals surface area contributed by atoms with Crippen molar-refractivity contribution in [2.24, 2.45) is 0 Å². The first-order valence-electron chi connectivity index (χ1n) is 6.48. The molecule has 0 radical (unpaired) electrons. The van der Waals surface area contributed by atoms with Gasteiger partial charge in [0.2, 0.25) is 0 Å². The van der Waals surface area contributed by atoms with Crippen LogP contribution >= 0.6 is 0 Å². The van der Waals surface area contributed by atoms with Crippen molar-refractivity contribution < 1.29 is 10.0 Å². The van der Waals surface area contributed by atoms with E-state index in [1.165, 1.54) is 5.39 Å². The summed E-state index contributed by atoms with van der Waals surface area (Å²) in [5.41, 5.74) is 2.08. The third-order valence-corrected chi connectivity index (χ3v) is 3.66. The Morgan fingerprint density at radius 3 is 2.63 bits per heavy atom. The first kappa shape index (κ1) is 12.2. The molecule has 0 saturated carbocycles. The Labute approximate surface area is 112 Å². The van der Waals surface area contributed by atoms with Gasteiger partial charge in [0, 0.05) is 5.82 Å². The third-order valence-electron chi connectivity index (χ3n) is 3.66. The number of rotatable bonds is 2. The molecule has 3 heteroatoms. The van der Waals surface area contributed by atoms with Crippen LogP contribution in [0.3, 0.4) is 0 Å². The molecule has 19 heavy (non-hydrogen) atoms. The zero-order valence-corrected chi connectivity index (χ0v) is 10.5. The fourth-order valence-electron chi connectivity index (χ4n) is 2.70. The molecule has 0 bridgehead atoms. The van der Waals surface area contributed by atoms with Gasteiger partial charge in [-0.25, -0.2) is 0 Å². The molecule has 0 aliphatic heterocycles. The van der Waals surface area contributed by atoms with Crippen LogP contribution in [0.2, 0.25) is 5.82 Å². The van der Waals surface area contributed by atoms with Gasteiger partial charge < -0.3 is 10.0 Å². The second-order valence-electron chi connectivity index (χ2n) is 4.83. The molecular weight excluding hydrogens is 235 g/mol. The van der Waals surface area contributed by atoms with E-state index in [0.717, 1.165) is 16.5 Å². The van der Waals surface area contributed by atoms with Crippen LogP contribution in [-0.2, 0) is 0 Å². The second-order valence-corrected chi connectivity index (χ2v) is 4.83. The van der Waals surface area contributed by atoms with Crippen molar-refractivity contribution in [2.75, 3.05) is 0 Å². The van der Waals surface area contributed by atoms with E-state index in [-0.39, 0.29) is 5.82 Å². The Bertz CT molecular complexity index is 653. The van der Waals surface area contributed by atoms with E-state index in [9.17, 15) is 10.0 Å². The van der Waals surface area contributed by atoms with E-state index in [1.54, 1.807) is 0 Å². The van der Waals surface area contributed by atoms with Gasteiger partial charge in [0.05, 0.1) is 0 Å².